The van der Waals surface area contributed by atoms with E-state index in [1.54, 1.807) is 7.11 Å². The van der Waals surface area contributed by atoms with Crippen molar-refractivity contribution < 1.29 is 4.74 Å². The quantitative estimate of drug-likeness (QED) is 0.518. The van der Waals surface area contributed by atoms with Gasteiger partial charge < -0.3 is 4.74 Å². The molecule has 0 saturated carbocycles. The van der Waals surface area contributed by atoms with E-state index >= 15 is 0 Å². The highest BCUT2D eigenvalue weighted by atomic mass is 16.5. The van der Waals surface area contributed by atoms with Crippen molar-refractivity contribution in [3.8, 4) is 5.75 Å². The van der Waals surface area contributed by atoms with Gasteiger partial charge in [-0.05, 0) is 66.5 Å². The molecule has 0 fully saturated rings. The van der Waals surface area contributed by atoms with Gasteiger partial charge in [-0.3, -0.25) is 0 Å². The van der Waals surface area contributed by atoms with Crippen molar-refractivity contribution in [1.29, 1.82) is 0 Å². The van der Waals surface area contributed by atoms with Gasteiger partial charge >= 0.3 is 0 Å². The molecule has 0 aliphatic rings. The second-order valence-corrected chi connectivity index (χ2v) is 6.46. The third kappa shape index (κ3) is 5.22. The Morgan fingerprint density at radius 2 is 1.16 bits per heavy atom. The molecule has 3 rings (SSSR count). The maximum atomic E-state index is 5.23. The van der Waals surface area contributed by atoms with E-state index < -0.39 is 0 Å². The number of hydrogen-bond donors (Lipinski definition) is 0. The zero-order chi connectivity index (χ0) is 17.3. The molecular formula is C24H26O. The van der Waals surface area contributed by atoms with Gasteiger partial charge in [0.05, 0.1) is 7.11 Å². The fourth-order valence-corrected chi connectivity index (χ4v) is 3.24. The molecule has 0 bridgehead atoms. The van der Waals surface area contributed by atoms with E-state index in [1.807, 2.05) is 12.1 Å². The summed E-state index contributed by atoms with van der Waals surface area (Å²) in [4.78, 5) is 0. The third-order valence-electron chi connectivity index (χ3n) is 4.71. The van der Waals surface area contributed by atoms with Crippen molar-refractivity contribution in [3.05, 3.63) is 101 Å². The van der Waals surface area contributed by atoms with E-state index in [9.17, 15) is 0 Å². The van der Waals surface area contributed by atoms with Crippen molar-refractivity contribution in [3.63, 3.8) is 0 Å². The minimum atomic E-state index is 0.921. The smallest absolute Gasteiger partial charge is 0.118 e. The first-order valence-corrected chi connectivity index (χ1v) is 9.09. The minimum absolute atomic E-state index is 0.921. The van der Waals surface area contributed by atoms with E-state index in [0.717, 1.165) is 31.4 Å². The lowest BCUT2D eigenvalue weighted by Crippen LogP contribution is -1.98. The van der Waals surface area contributed by atoms with Crippen molar-refractivity contribution in [2.75, 3.05) is 7.11 Å². The molecule has 0 aliphatic heterocycles. The second kappa shape index (κ2) is 9.08. The van der Waals surface area contributed by atoms with Crippen LogP contribution in [-0.2, 0) is 25.7 Å². The maximum absolute atomic E-state index is 5.23. The van der Waals surface area contributed by atoms with Gasteiger partial charge in [-0.2, -0.15) is 0 Å². The van der Waals surface area contributed by atoms with Crippen LogP contribution < -0.4 is 4.74 Å². The van der Waals surface area contributed by atoms with Gasteiger partial charge in [0.25, 0.3) is 0 Å². The summed E-state index contributed by atoms with van der Waals surface area (Å²) in [7, 11) is 1.71. The molecule has 1 nitrogen and oxygen atoms in total. The summed E-state index contributed by atoms with van der Waals surface area (Å²) in [6.07, 6.45) is 5.65. The Labute approximate surface area is 151 Å². The zero-order valence-corrected chi connectivity index (χ0v) is 14.9. The fraction of sp³-hybridized carbons (Fsp3) is 0.250. The van der Waals surface area contributed by atoms with Gasteiger partial charge in [-0.15, -0.1) is 0 Å². The fourth-order valence-electron chi connectivity index (χ4n) is 3.24. The number of methoxy groups -OCH3 is 1. The van der Waals surface area contributed by atoms with Gasteiger partial charge in [-0.1, -0.05) is 66.7 Å². The van der Waals surface area contributed by atoms with E-state index in [-0.39, 0.29) is 0 Å². The molecule has 3 aromatic carbocycles. The molecular weight excluding hydrogens is 304 g/mol. The first-order valence-electron chi connectivity index (χ1n) is 9.09. The number of hydrogen-bond acceptors (Lipinski definition) is 1. The number of rotatable bonds is 8. The molecule has 0 aromatic heterocycles. The predicted molar refractivity (Wildman–Crippen MR) is 105 cm³/mol. The molecule has 0 radical (unpaired) electrons. The van der Waals surface area contributed by atoms with Gasteiger partial charge in [-0.25, -0.2) is 0 Å². The Morgan fingerprint density at radius 3 is 1.84 bits per heavy atom. The Bertz CT molecular complexity index is 760. The van der Waals surface area contributed by atoms with Gasteiger partial charge in [0.1, 0.15) is 5.75 Å². The normalized spacial score (nSPS) is 10.6. The van der Waals surface area contributed by atoms with Crippen molar-refractivity contribution in [2.45, 2.75) is 32.1 Å². The highest BCUT2D eigenvalue weighted by Gasteiger charge is 2.03. The van der Waals surface area contributed by atoms with Crippen LogP contribution in [0.25, 0.3) is 0 Å². The van der Waals surface area contributed by atoms with Crippen LogP contribution >= 0.6 is 0 Å². The summed E-state index contributed by atoms with van der Waals surface area (Å²) in [5, 5.41) is 0. The Balaban J connectivity index is 1.56. The first kappa shape index (κ1) is 17.3. The Hall–Kier alpha value is -2.54. The maximum Gasteiger partial charge on any atom is 0.118 e. The summed E-state index contributed by atoms with van der Waals surface area (Å²) in [6.45, 7) is 0. The van der Waals surface area contributed by atoms with Crippen LogP contribution in [0.15, 0.2) is 78.9 Å². The van der Waals surface area contributed by atoms with Crippen LogP contribution in [0.1, 0.15) is 28.7 Å². The highest BCUT2D eigenvalue weighted by Crippen LogP contribution is 2.17. The molecule has 0 unspecified atom stereocenters. The molecule has 0 aliphatic carbocycles. The van der Waals surface area contributed by atoms with E-state index in [4.69, 9.17) is 4.74 Å². The standard InChI is InChI=1S/C24H26O/c1-25-24-18-15-21(16-19-24)14-17-23-12-6-5-11-22(23)13-7-10-20-8-3-2-4-9-20/h2-6,8-9,11-12,15-16,18-19H,7,10,13-14,17H2,1H3. The summed E-state index contributed by atoms with van der Waals surface area (Å²) < 4.78 is 5.23. The zero-order valence-electron chi connectivity index (χ0n) is 14.9. The predicted octanol–water partition coefficient (Wildman–Crippen LogP) is 5.66. The van der Waals surface area contributed by atoms with Crippen LogP contribution in [0.2, 0.25) is 0 Å². The summed E-state index contributed by atoms with van der Waals surface area (Å²) in [5.41, 5.74) is 5.76. The first-order chi connectivity index (χ1) is 12.3. The molecule has 0 heterocycles. The second-order valence-electron chi connectivity index (χ2n) is 6.46. The van der Waals surface area contributed by atoms with Gasteiger partial charge in [0.15, 0.2) is 0 Å². The molecule has 1 heteroatoms. The summed E-state index contributed by atoms with van der Waals surface area (Å²) in [6, 6.07) is 28.1. The average Bonchev–Trinajstić information content (AvgIpc) is 2.68. The Morgan fingerprint density at radius 1 is 0.560 bits per heavy atom. The molecule has 25 heavy (non-hydrogen) atoms. The lowest BCUT2D eigenvalue weighted by Gasteiger charge is -2.10. The molecule has 0 spiro atoms. The van der Waals surface area contributed by atoms with Gasteiger partial charge in [0.2, 0.25) is 0 Å². The molecule has 0 atom stereocenters. The minimum Gasteiger partial charge on any atom is -0.497 e. The lowest BCUT2D eigenvalue weighted by atomic mass is 9.96. The van der Waals surface area contributed by atoms with Crippen LogP contribution in [-0.4, -0.2) is 7.11 Å². The topological polar surface area (TPSA) is 9.23 Å². The van der Waals surface area contributed by atoms with Crippen LogP contribution in [0.4, 0.5) is 0 Å². The van der Waals surface area contributed by atoms with E-state index in [2.05, 4.69) is 66.7 Å². The van der Waals surface area contributed by atoms with Crippen molar-refractivity contribution in [1.82, 2.24) is 0 Å². The lowest BCUT2D eigenvalue weighted by molar-refractivity contribution is 0.414. The van der Waals surface area contributed by atoms with Crippen LogP contribution in [0.3, 0.4) is 0 Å². The van der Waals surface area contributed by atoms with Crippen molar-refractivity contribution in [2.24, 2.45) is 0 Å². The highest BCUT2D eigenvalue weighted by molar-refractivity contribution is 5.31. The monoisotopic (exact) mass is 330 g/mol. The van der Waals surface area contributed by atoms with E-state index in [1.165, 1.54) is 28.7 Å². The largest absolute Gasteiger partial charge is 0.497 e. The van der Waals surface area contributed by atoms with Crippen molar-refractivity contribution >= 4 is 0 Å². The van der Waals surface area contributed by atoms with E-state index in [0.29, 0.717) is 0 Å². The number of benzene rings is 3. The molecule has 3 aromatic rings. The van der Waals surface area contributed by atoms with Gasteiger partial charge in [0, 0.05) is 0 Å². The van der Waals surface area contributed by atoms with Crippen LogP contribution in [0.5, 0.6) is 5.75 Å². The molecule has 0 saturated heterocycles. The summed E-state index contributed by atoms with van der Waals surface area (Å²) >= 11 is 0. The molecule has 0 amide bonds. The molecule has 128 valence electrons. The summed E-state index contributed by atoms with van der Waals surface area (Å²) in [5.74, 6) is 0.921. The SMILES string of the molecule is COc1ccc(CCc2ccccc2CCCc2ccccc2)cc1. The number of aryl methyl sites for hydroxylation is 4. The number of ether oxygens (including phenoxy) is 1. The van der Waals surface area contributed by atoms with Crippen LogP contribution in [0, 0.1) is 0 Å². The third-order valence-corrected chi connectivity index (χ3v) is 4.71. The average molecular weight is 330 g/mol. The molecule has 0 N–H and O–H groups in total. The Kier molecular flexibility index (Phi) is 6.28.